The lowest BCUT2D eigenvalue weighted by Gasteiger charge is -2.27. The summed E-state index contributed by atoms with van der Waals surface area (Å²) in [5, 5.41) is 9.59. The van der Waals surface area contributed by atoms with Crippen LogP contribution in [0.5, 0.6) is 0 Å². The van der Waals surface area contributed by atoms with Gasteiger partial charge in [-0.05, 0) is 33.8 Å². The zero-order valence-corrected chi connectivity index (χ0v) is 12.1. The third-order valence-corrected chi connectivity index (χ3v) is 3.02. The summed E-state index contributed by atoms with van der Waals surface area (Å²) in [6.45, 7) is 8.14. The molecule has 0 aliphatic heterocycles. The molecule has 0 saturated heterocycles. The first-order valence-electron chi connectivity index (χ1n) is 6.17. The van der Waals surface area contributed by atoms with Gasteiger partial charge in [-0.1, -0.05) is 11.6 Å². The molecule has 0 atom stereocenters. The van der Waals surface area contributed by atoms with E-state index in [9.17, 15) is 4.79 Å². The molecule has 1 N–H and O–H groups in total. The summed E-state index contributed by atoms with van der Waals surface area (Å²) in [6, 6.07) is 1.88. The zero-order chi connectivity index (χ0) is 13.9. The van der Waals surface area contributed by atoms with Crippen molar-refractivity contribution in [1.82, 2.24) is 9.47 Å². The summed E-state index contributed by atoms with van der Waals surface area (Å²) in [4.78, 5) is 14.1. The molecule has 0 fully saturated rings. The van der Waals surface area contributed by atoms with Crippen molar-refractivity contribution >= 4 is 17.5 Å². The van der Waals surface area contributed by atoms with Gasteiger partial charge in [0.15, 0.2) is 0 Å². The fourth-order valence-corrected chi connectivity index (χ4v) is 2.10. The SMILES string of the molecule is CC(C)N(CCO)C(=O)c1cc(Cl)cn1C(C)C. The average Bonchev–Trinajstić information content (AvgIpc) is 2.67. The number of aliphatic hydroxyl groups is 1. The number of hydrogen-bond acceptors (Lipinski definition) is 2. The molecule has 0 saturated carbocycles. The highest BCUT2D eigenvalue weighted by Crippen LogP contribution is 2.21. The van der Waals surface area contributed by atoms with Gasteiger partial charge in [0.1, 0.15) is 5.69 Å². The lowest BCUT2D eigenvalue weighted by molar-refractivity contribution is 0.0653. The molecule has 0 radical (unpaired) electrons. The molecule has 1 aromatic heterocycles. The van der Waals surface area contributed by atoms with Crippen LogP contribution in [0.1, 0.15) is 44.2 Å². The van der Waals surface area contributed by atoms with Gasteiger partial charge in [0, 0.05) is 24.8 Å². The number of hydrogen-bond donors (Lipinski definition) is 1. The molecule has 0 aromatic carbocycles. The molecule has 1 amide bonds. The van der Waals surface area contributed by atoms with Gasteiger partial charge in [-0.2, -0.15) is 0 Å². The quantitative estimate of drug-likeness (QED) is 0.895. The summed E-state index contributed by atoms with van der Waals surface area (Å²) in [5.74, 6) is -0.0975. The molecule has 5 heteroatoms. The molecule has 0 unspecified atom stereocenters. The number of aromatic nitrogens is 1. The minimum Gasteiger partial charge on any atom is -0.395 e. The van der Waals surface area contributed by atoms with E-state index in [0.29, 0.717) is 17.3 Å². The van der Waals surface area contributed by atoms with Gasteiger partial charge in [-0.3, -0.25) is 4.79 Å². The standard InChI is InChI=1S/C13H21ClN2O2/c1-9(2)15(5-6-17)13(18)12-7-11(14)8-16(12)10(3)4/h7-10,17H,5-6H2,1-4H3. The smallest absolute Gasteiger partial charge is 0.270 e. The van der Waals surface area contributed by atoms with E-state index in [2.05, 4.69) is 0 Å². The zero-order valence-electron chi connectivity index (χ0n) is 11.4. The van der Waals surface area contributed by atoms with E-state index in [4.69, 9.17) is 16.7 Å². The van der Waals surface area contributed by atoms with E-state index in [1.54, 1.807) is 17.2 Å². The highest BCUT2D eigenvalue weighted by Gasteiger charge is 2.22. The number of amides is 1. The summed E-state index contributed by atoms with van der Waals surface area (Å²) >= 11 is 5.97. The first-order valence-corrected chi connectivity index (χ1v) is 6.55. The summed E-state index contributed by atoms with van der Waals surface area (Å²) < 4.78 is 1.86. The number of aliphatic hydroxyl groups excluding tert-OH is 1. The monoisotopic (exact) mass is 272 g/mol. The van der Waals surface area contributed by atoms with Crippen LogP contribution in [0, 0.1) is 0 Å². The Labute approximate surface area is 113 Å². The normalized spacial score (nSPS) is 11.3. The van der Waals surface area contributed by atoms with E-state index in [0.717, 1.165) is 0 Å². The first kappa shape index (κ1) is 15.1. The van der Waals surface area contributed by atoms with Crippen LogP contribution in [0.3, 0.4) is 0 Å². The molecule has 0 aliphatic carbocycles. The molecule has 18 heavy (non-hydrogen) atoms. The van der Waals surface area contributed by atoms with Gasteiger partial charge in [-0.15, -0.1) is 0 Å². The number of carbonyl (C=O) groups is 1. The van der Waals surface area contributed by atoms with Crippen LogP contribution in [0.2, 0.25) is 5.02 Å². The number of carbonyl (C=O) groups excluding carboxylic acids is 1. The summed E-state index contributed by atoms with van der Waals surface area (Å²) in [6.07, 6.45) is 1.76. The van der Waals surface area contributed by atoms with Gasteiger partial charge in [-0.25, -0.2) is 0 Å². The van der Waals surface area contributed by atoms with Crippen molar-refractivity contribution in [3.05, 3.63) is 23.0 Å². The molecule has 1 heterocycles. The van der Waals surface area contributed by atoms with E-state index in [-0.39, 0.29) is 24.6 Å². The van der Waals surface area contributed by atoms with Crippen LogP contribution in [0.4, 0.5) is 0 Å². The topological polar surface area (TPSA) is 45.5 Å². The lowest BCUT2D eigenvalue weighted by Crippen LogP contribution is -2.40. The maximum absolute atomic E-state index is 12.5. The van der Waals surface area contributed by atoms with Gasteiger partial charge in [0.05, 0.1) is 11.6 Å². The van der Waals surface area contributed by atoms with Gasteiger partial charge in [0.25, 0.3) is 5.91 Å². The van der Waals surface area contributed by atoms with E-state index >= 15 is 0 Å². The summed E-state index contributed by atoms with van der Waals surface area (Å²) in [7, 11) is 0. The molecule has 0 spiro atoms. The van der Waals surface area contributed by atoms with Crippen molar-refractivity contribution in [2.24, 2.45) is 0 Å². The Hall–Kier alpha value is -1.00. The van der Waals surface area contributed by atoms with Crippen molar-refractivity contribution in [2.45, 2.75) is 39.8 Å². The van der Waals surface area contributed by atoms with Gasteiger partial charge < -0.3 is 14.6 Å². The third-order valence-electron chi connectivity index (χ3n) is 2.82. The Balaban J connectivity index is 3.08. The molecular weight excluding hydrogens is 252 g/mol. The molecular formula is C13H21ClN2O2. The second kappa shape index (κ2) is 6.25. The predicted molar refractivity (Wildman–Crippen MR) is 73.1 cm³/mol. The molecule has 102 valence electrons. The first-order chi connectivity index (χ1) is 8.38. The fourth-order valence-electron chi connectivity index (χ4n) is 1.89. The third kappa shape index (κ3) is 3.27. The Morgan fingerprint density at radius 2 is 2.06 bits per heavy atom. The molecule has 0 bridgehead atoms. The van der Waals surface area contributed by atoms with Crippen LogP contribution in [0.15, 0.2) is 12.3 Å². The van der Waals surface area contributed by atoms with Crippen LogP contribution in [0.25, 0.3) is 0 Å². The highest BCUT2D eigenvalue weighted by atomic mass is 35.5. The van der Waals surface area contributed by atoms with Crippen molar-refractivity contribution in [3.63, 3.8) is 0 Å². The van der Waals surface area contributed by atoms with Gasteiger partial charge >= 0.3 is 0 Å². The average molecular weight is 273 g/mol. The number of rotatable bonds is 5. The maximum atomic E-state index is 12.5. The maximum Gasteiger partial charge on any atom is 0.270 e. The largest absolute Gasteiger partial charge is 0.395 e. The van der Waals surface area contributed by atoms with Crippen molar-refractivity contribution in [2.75, 3.05) is 13.2 Å². The van der Waals surface area contributed by atoms with E-state index in [1.807, 2.05) is 32.3 Å². The summed E-state index contributed by atoms with van der Waals surface area (Å²) in [5.41, 5.74) is 0.567. The van der Waals surface area contributed by atoms with E-state index in [1.165, 1.54) is 0 Å². The number of nitrogens with zero attached hydrogens (tertiary/aromatic N) is 2. The highest BCUT2D eigenvalue weighted by molar-refractivity contribution is 6.31. The molecule has 1 aromatic rings. The molecule has 1 rings (SSSR count). The van der Waals surface area contributed by atoms with Crippen LogP contribution >= 0.6 is 11.6 Å². The second-order valence-electron chi connectivity index (χ2n) is 4.86. The van der Waals surface area contributed by atoms with Crippen LogP contribution in [-0.2, 0) is 0 Å². The van der Waals surface area contributed by atoms with Crippen molar-refractivity contribution < 1.29 is 9.90 Å². The fraction of sp³-hybridized carbons (Fsp3) is 0.615. The Morgan fingerprint density at radius 3 is 2.50 bits per heavy atom. The van der Waals surface area contributed by atoms with Crippen molar-refractivity contribution in [3.8, 4) is 0 Å². The van der Waals surface area contributed by atoms with Gasteiger partial charge in [0.2, 0.25) is 0 Å². The molecule has 4 nitrogen and oxygen atoms in total. The predicted octanol–water partition coefficient (Wildman–Crippen LogP) is 2.57. The van der Waals surface area contributed by atoms with E-state index < -0.39 is 0 Å². The van der Waals surface area contributed by atoms with Crippen LogP contribution in [-0.4, -0.2) is 39.7 Å². The Morgan fingerprint density at radius 1 is 1.44 bits per heavy atom. The Kier molecular flexibility index (Phi) is 5.23. The second-order valence-corrected chi connectivity index (χ2v) is 5.30. The number of halogens is 1. The van der Waals surface area contributed by atoms with Crippen LogP contribution < -0.4 is 0 Å². The van der Waals surface area contributed by atoms with Crippen molar-refractivity contribution in [1.29, 1.82) is 0 Å². The minimum absolute atomic E-state index is 0.0407. The Bertz CT molecular complexity index is 413. The molecule has 0 aliphatic rings. The lowest BCUT2D eigenvalue weighted by atomic mass is 10.2. The minimum atomic E-state index is -0.0975.